The molecule has 0 bridgehead atoms. The fraction of sp³-hybridized carbons (Fsp3) is 0.558. The van der Waals surface area contributed by atoms with Crippen LogP contribution in [0.15, 0.2) is 48.5 Å². The molecule has 6 rings (SSSR count). The van der Waals surface area contributed by atoms with Crippen LogP contribution in [-0.4, -0.2) is 134 Å². The maximum atomic E-state index is 12.9. The summed E-state index contributed by atoms with van der Waals surface area (Å²) in [4.78, 5) is 46.0. The van der Waals surface area contributed by atoms with Crippen molar-refractivity contribution in [3.8, 4) is 0 Å². The highest BCUT2D eigenvalue weighted by atomic mass is 32.2. The number of aryl methyl sites for hydroxylation is 1. The second-order valence-corrected chi connectivity index (χ2v) is 20.6. The average Bonchev–Trinajstić information content (AvgIpc) is 3.85. The molecule has 15 nitrogen and oxygen atoms in total. The summed E-state index contributed by atoms with van der Waals surface area (Å²) in [6.07, 6.45) is 1.43. The number of hydrogen-bond donors (Lipinski definition) is 2. The molecule has 3 amide bonds. The Kier molecular flexibility index (Phi) is 16.4. The first-order valence-electron chi connectivity index (χ1n) is 20.9. The zero-order chi connectivity index (χ0) is 43.4. The molecule has 0 aliphatic carbocycles. The summed E-state index contributed by atoms with van der Waals surface area (Å²) < 4.78 is 11.1. The zero-order valence-corrected chi connectivity index (χ0v) is 38.7. The van der Waals surface area contributed by atoms with E-state index in [2.05, 4.69) is 77.2 Å². The zero-order valence-electron chi connectivity index (χ0n) is 36.3. The van der Waals surface area contributed by atoms with Gasteiger partial charge in [-0.15, -0.1) is 20.4 Å². The molecular weight excluding hydrogens is 833 g/mol. The smallest absolute Gasteiger partial charge is 0.410 e. The summed E-state index contributed by atoms with van der Waals surface area (Å²) >= 11 is 4.74. The molecular formula is C43H60N10O5S3. The number of rotatable bonds is 16. The van der Waals surface area contributed by atoms with Crippen molar-refractivity contribution in [1.82, 2.24) is 40.0 Å². The van der Waals surface area contributed by atoms with Crippen LogP contribution in [-0.2, 0) is 52.4 Å². The van der Waals surface area contributed by atoms with Gasteiger partial charge in [0.25, 0.3) is 0 Å². The molecule has 0 spiro atoms. The molecule has 2 N–H and O–H groups in total. The van der Waals surface area contributed by atoms with Crippen LogP contribution >= 0.6 is 34.4 Å². The van der Waals surface area contributed by atoms with E-state index >= 15 is 0 Å². The highest BCUT2D eigenvalue weighted by molar-refractivity contribution is 7.98. The van der Waals surface area contributed by atoms with Gasteiger partial charge in [-0.05, 0) is 70.2 Å². The molecule has 61 heavy (non-hydrogen) atoms. The van der Waals surface area contributed by atoms with E-state index in [1.54, 1.807) is 32.9 Å². The topological polar surface area (TPSA) is 158 Å². The first-order chi connectivity index (χ1) is 29.1. The van der Waals surface area contributed by atoms with Crippen molar-refractivity contribution in [3.05, 3.63) is 80.8 Å². The minimum absolute atomic E-state index is 0.128. The number of thioether (sulfide) groups is 1. The Bertz CT molecular complexity index is 2050. The standard InChI is InChI=1S/C43H60N10O5S3/c1-42(2,3)57-40(55)52-20-16-50(17-21-52)28-33-11-7-9-31(25-33)13-15-44-38-48-46-36(60-38)14-24-59-30-37-47-49-39(61-37)45-35(54)27-32-10-8-12-34(26-32)29-51-18-22-53(23-19-51)41(56)58-43(4,5)6/h7-12,25-26H,13-24,27-30H2,1-6H3,(H,44,48)(H,45,49,54). The van der Waals surface area contributed by atoms with Crippen molar-refractivity contribution in [2.75, 3.05) is 75.3 Å². The van der Waals surface area contributed by atoms with Crippen LogP contribution in [0.1, 0.15) is 73.8 Å². The third-order valence-corrected chi connectivity index (χ3v) is 12.7. The van der Waals surface area contributed by atoms with Gasteiger partial charge in [0, 0.05) is 89.9 Å². The molecule has 4 aromatic rings. The Morgan fingerprint density at radius 3 is 1.75 bits per heavy atom. The van der Waals surface area contributed by atoms with E-state index in [4.69, 9.17) is 9.47 Å². The minimum Gasteiger partial charge on any atom is -0.444 e. The maximum Gasteiger partial charge on any atom is 0.410 e. The Hall–Kier alpha value is -4.36. The molecule has 2 aromatic carbocycles. The fourth-order valence-electron chi connectivity index (χ4n) is 6.84. The summed E-state index contributed by atoms with van der Waals surface area (Å²) in [5, 5.41) is 26.7. The summed E-state index contributed by atoms with van der Waals surface area (Å²) in [7, 11) is 0. The van der Waals surface area contributed by atoms with E-state index in [0.29, 0.717) is 37.1 Å². The van der Waals surface area contributed by atoms with Gasteiger partial charge in [-0.3, -0.25) is 14.6 Å². The van der Waals surface area contributed by atoms with Gasteiger partial charge in [-0.1, -0.05) is 71.2 Å². The summed E-state index contributed by atoms with van der Waals surface area (Å²) in [6.45, 7) is 19.5. The third-order valence-electron chi connectivity index (χ3n) is 9.76. The molecule has 4 heterocycles. The van der Waals surface area contributed by atoms with E-state index in [1.165, 1.54) is 22.5 Å². The Balaban J connectivity index is 0.835. The summed E-state index contributed by atoms with van der Waals surface area (Å²) in [5.41, 5.74) is 3.62. The van der Waals surface area contributed by atoms with Crippen LogP contribution in [0.25, 0.3) is 0 Å². The molecule has 0 radical (unpaired) electrons. The second kappa shape index (κ2) is 21.6. The highest BCUT2D eigenvalue weighted by Crippen LogP contribution is 2.23. The Morgan fingerprint density at radius 2 is 1.16 bits per heavy atom. The van der Waals surface area contributed by atoms with Crippen LogP contribution < -0.4 is 10.6 Å². The number of amides is 3. The lowest BCUT2D eigenvalue weighted by Crippen LogP contribution is -2.49. The monoisotopic (exact) mass is 892 g/mol. The molecule has 0 unspecified atom stereocenters. The Labute approximate surface area is 372 Å². The van der Waals surface area contributed by atoms with Gasteiger partial charge in [0.15, 0.2) is 0 Å². The number of carbonyl (C=O) groups is 3. The Morgan fingerprint density at radius 1 is 0.656 bits per heavy atom. The van der Waals surface area contributed by atoms with E-state index in [9.17, 15) is 14.4 Å². The largest absolute Gasteiger partial charge is 0.444 e. The highest BCUT2D eigenvalue weighted by Gasteiger charge is 2.27. The lowest BCUT2D eigenvalue weighted by molar-refractivity contribution is -0.115. The number of ether oxygens (including phenoxy) is 2. The van der Waals surface area contributed by atoms with E-state index in [-0.39, 0.29) is 24.5 Å². The number of nitrogens with one attached hydrogen (secondary N) is 2. The lowest BCUT2D eigenvalue weighted by Gasteiger charge is -2.35. The first kappa shape index (κ1) is 46.2. The van der Waals surface area contributed by atoms with Crippen LogP contribution in [0.2, 0.25) is 0 Å². The molecule has 2 aliphatic heterocycles. The number of aromatic nitrogens is 4. The SMILES string of the molecule is CC(C)(C)OC(=O)N1CCN(Cc2cccc(CCNc3nnc(CCSCc4nnc(NC(=O)Cc5cccc(CN6CCN(C(=O)OC(C)(C)C)CC6)c5)s4)s3)c2)CC1. The third kappa shape index (κ3) is 15.8. The van der Waals surface area contributed by atoms with Gasteiger partial charge in [0.1, 0.15) is 21.2 Å². The average molecular weight is 893 g/mol. The van der Waals surface area contributed by atoms with Gasteiger partial charge in [0.2, 0.25) is 16.2 Å². The van der Waals surface area contributed by atoms with Gasteiger partial charge < -0.3 is 29.9 Å². The normalized spacial score (nSPS) is 15.4. The molecule has 2 aliphatic rings. The first-order valence-corrected chi connectivity index (χ1v) is 23.7. The molecule has 0 saturated carbocycles. The number of hydrogen-bond acceptors (Lipinski definition) is 15. The molecule has 2 fully saturated rings. The van der Waals surface area contributed by atoms with Gasteiger partial charge in [-0.25, -0.2) is 9.59 Å². The quantitative estimate of drug-likeness (QED) is 0.113. The summed E-state index contributed by atoms with van der Waals surface area (Å²) in [6, 6.07) is 16.8. The number of carbonyl (C=O) groups excluding carboxylic acids is 3. The number of piperazine rings is 2. The lowest BCUT2D eigenvalue weighted by atomic mass is 10.1. The number of nitrogens with zero attached hydrogens (tertiary/aromatic N) is 8. The van der Waals surface area contributed by atoms with E-state index in [1.807, 2.05) is 53.7 Å². The second-order valence-electron chi connectivity index (χ2n) is 17.3. The molecule has 0 atom stereocenters. The molecule has 2 aromatic heterocycles. The van der Waals surface area contributed by atoms with Crippen LogP contribution in [0.3, 0.4) is 0 Å². The minimum atomic E-state index is -0.504. The van der Waals surface area contributed by atoms with Gasteiger partial charge in [0.05, 0.1) is 6.42 Å². The number of benzene rings is 2. The molecule has 18 heteroatoms. The van der Waals surface area contributed by atoms with Crippen molar-refractivity contribution in [2.24, 2.45) is 0 Å². The van der Waals surface area contributed by atoms with Crippen molar-refractivity contribution < 1.29 is 23.9 Å². The predicted molar refractivity (Wildman–Crippen MR) is 243 cm³/mol. The van der Waals surface area contributed by atoms with Gasteiger partial charge in [-0.2, -0.15) is 11.8 Å². The molecule has 330 valence electrons. The van der Waals surface area contributed by atoms with E-state index in [0.717, 1.165) is 90.7 Å². The van der Waals surface area contributed by atoms with Crippen LogP contribution in [0, 0.1) is 0 Å². The fourth-order valence-corrected chi connectivity index (χ4v) is 9.48. The van der Waals surface area contributed by atoms with Crippen molar-refractivity contribution in [3.63, 3.8) is 0 Å². The van der Waals surface area contributed by atoms with Crippen molar-refractivity contribution in [1.29, 1.82) is 0 Å². The van der Waals surface area contributed by atoms with E-state index < -0.39 is 11.2 Å². The maximum absolute atomic E-state index is 12.9. The van der Waals surface area contributed by atoms with Crippen molar-refractivity contribution >= 4 is 62.8 Å². The number of anilines is 2. The van der Waals surface area contributed by atoms with Crippen LogP contribution in [0.5, 0.6) is 0 Å². The predicted octanol–water partition coefficient (Wildman–Crippen LogP) is 6.81. The van der Waals surface area contributed by atoms with Crippen molar-refractivity contribution in [2.45, 2.75) is 90.8 Å². The summed E-state index contributed by atoms with van der Waals surface area (Å²) in [5.74, 6) is 1.44. The van der Waals surface area contributed by atoms with Gasteiger partial charge >= 0.3 is 12.2 Å². The molecule has 2 saturated heterocycles. The van der Waals surface area contributed by atoms with Crippen LogP contribution in [0.4, 0.5) is 19.9 Å².